The van der Waals surface area contributed by atoms with Crippen molar-refractivity contribution < 1.29 is 9.59 Å². The molecule has 1 saturated heterocycles. The monoisotopic (exact) mass is 281 g/mol. The van der Waals surface area contributed by atoms with Gasteiger partial charge in [0.25, 0.3) is 5.91 Å². The molecule has 0 spiro atoms. The molecule has 1 aliphatic rings. The molecule has 1 aliphatic heterocycles. The van der Waals surface area contributed by atoms with Gasteiger partial charge in [0.2, 0.25) is 5.91 Å². The molecule has 1 atom stereocenters. The molecule has 5 nitrogen and oxygen atoms in total. The van der Waals surface area contributed by atoms with Crippen LogP contribution in [0.4, 0.5) is 5.69 Å². The normalized spacial score (nSPS) is 19.2. The van der Waals surface area contributed by atoms with E-state index >= 15 is 0 Å². The molecule has 0 aromatic heterocycles. The van der Waals surface area contributed by atoms with E-state index in [9.17, 15) is 9.59 Å². The molecule has 1 heterocycles. The molecule has 2 rings (SSSR count). The van der Waals surface area contributed by atoms with Gasteiger partial charge < -0.3 is 16.4 Å². The third kappa shape index (κ3) is 2.98. The third-order valence-corrected chi connectivity index (χ3v) is 3.65. The van der Waals surface area contributed by atoms with Crippen molar-refractivity contribution in [2.75, 3.05) is 18.8 Å². The SMILES string of the molecule is NC(=O)C1CCCN(C(=O)c2ccc(N)cc2Cl)C1. The van der Waals surface area contributed by atoms with Gasteiger partial charge in [-0.25, -0.2) is 0 Å². The van der Waals surface area contributed by atoms with E-state index in [2.05, 4.69) is 0 Å². The Morgan fingerprint density at radius 2 is 2.11 bits per heavy atom. The summed E-state index contributed by atoms with van der Waals surface area (Å²) in [6, 6.07) is 4.78. The number of nitrogens with zero attached hydrogens (tertiary/aromatic N) is 1. The number of rotatable bonds is 2. The van der Waals surface area contributed by atoms with Gasteiger partial charge in [0, 0.05) is 18.8 Å². The largest absolute Gasteiger partial charge is 0.399 e. The Kier molecular flexibility index (Phi) is 3.95. The zero-order valence-electron chi connectivity index (χ0n) is 10.4. The van der Waals surface area contributed by atoms with Gasteiger partial charge in [0.05, 0.1) is 16.5 Å². The first kappa shape index (κ1) is 13.7. The minimum atomic E-state index is -0.360. The number of anilines is 1. The number of nitrogen functional groups attached to an aromatic ring is 1. The number of carbonyl (C=O) groups is 2. The maximum Gasteiger partial charge on any atom is 0.255 e. The number of halogens is 1. The van der Waals surface area contributed by atoms with Gasteiger partial charge in [0.15, 0.2) is 0 Å². The number of hydrogen-bond donors (Lipinski definition) is 2. The third-order valence-electron chi connectivity index (χ3n) is 3.33. The van der Waals surface area contributed by atoms with E-state index in [-0.39, 0.29) is 17.7 Å². The van der Waals surface area contributed by atoms with Crippen LogP contribution in [0.15, 0.2) is 18.2 Å². The van der Waals surface area contributed by atoms with Gasteiger partial charge in [-0.1, -0.05) is 11.6 Å². The standard InChI is InChI=1S/C13H16ClN3O2/c14-11-6-9(15)3-4-10(11)13(19)17-5-1-2-8(7-17)12(16)18/h3-4,6,8H,1-2,5,7,15H2,(H2,16,18). The first-order chi connectivity index (χ1) is 8.99. The molecule has 19 heavy (non-hydrogen) atoms. The van der Waals surface area contributed by atoms with E-state index in [1.807, 2.05) is 0 Å². The van der Waals surface area contributed by atoms with Crippen LogP contribution in [0.5, 0.6) is 0 Å². The Bertz CT molecular complexity index is 519. The summed E-state index contributed by atoms with van der Waals surface area (Å²) in [5.41, 5.74) is 11.8. The predicted octanol–water partition coefficient (Wildman–Crippen LogP) is 1.26. The quantitative estimate of drug-likeness (QED) is 0.800. The molecule has 1 fully saturated rings. The second-order valence-corrected chi connectivity index (χ2v) is 5.14. The number of primary amides is 1. The summed E-state index contributed by atoms with van der Waals surface area (Å²) in [7, 11) is 0. The number of benzene rings is 1. The van der Waals surface area contributed by atoms with Gasteiger partial charge in [-0.15, -0.1) is 0 Å². The molecule has 1 unspecified atom stereocenters. The second-order valence-electron chi connectivity index (χ2n) is 4.73. The first-order valence-electron chi connectivity index (χ1n) is 6.12. The smallest absolute Gasteiger partial charge is 0.255 e. The summed E-state index contributed by atoms with van der Waals surface area (Å²) in [4.78, 5) is 25.2. The molecule has 1 aromatic rings. The van der Waals surface area contributed by atoms with Crippen molar-refractivity contribution >= 4 is 29.1 Å². The van der Waals surface area contributed by atoms with Crippen molar-refractivity contribution in [1.29, 1.82) is 0 Å². The molecule has 1 aromatic carbocycles. The van der Waals surface area contributed by atoms with Crippen LogP contribution in [0.25, 0.3) is 0 Å². The lowest BCUT2D eigenvalue weighted by atomic mass is 9.97. The van der Waals surface area contributed by atoms with E-state index in [4.69, 9.17) is 23.1 Å². The average molecular weight is 282 g/mol. The lowest BCUT2D eigenvalue weighted by molar-refractivity contribution is -0.123. The summed E-state index contributed by atoms with van der Waals surface area (Å²) in [5, 5.41) is 0.325. The molecule has 102 valence electrons. The van der Waals surface area contributed by atoms with E-state index in [1.54, 1.807) is 23.1 Å². The highest BCUT2D eigenvalue weighted by molar-refractivity contribution is 6.34. The molecular formula is C13H16ClN3O2. The van der Waals surface area contributed by atoms with Gasteiger partial charge in [-0.2, -0.15) is 0 Å². The van der Waals surface area contributed by atoms with Crippen LogP contribution in [-0.4, -0.2) is 29.8 Å². The number of carbonyl (C=O) groups excluding carboxylic acids is 2. The summed E-state index contributed by atoms with van der Waals surface area (Å²) in [6.45, 7) is 0.970. The van der Waals surface area contributed by atoms with Crippen LogP contribution < -0.4 is 11.5 Å². The average Bonchev–Trinajstić information content (AvgIpc) is 2.38. The van der Waals surface area contributed by atoms with Crippen LogP contribution in [-0.2, 0) is 4.79 Å². The van der Waals surface area contributed by atoms with Crippen LogP contribution in [0.1, 0.15) is 23.2 Å². The maximum atomic E-state index is 12.3. The molecule has 0 saturated carbocycles. The van der Waals surface area contributed by atoms with Gasteiger partial charge >= 0.3 is 0 Å². The summed E-state index contributed by atoms with van der Waals surface area (Å²) >= 11 is 6.02. The minimum Gasteiger partial charge on any atom is -0.399 e. The highest BCUT2D eigenvalue weighted by Gasteiger charge is 2.28. The van der Waals surface area contributed by atoms with E-state index in [0.29, 0.717) is 29.4 Å². The number of piperidine rings is 1. The Morgan fingerprint density at radius 1 is 1.37 bits per heavy atom. The number of likely N-dealkylation sites (tertiary alicyclic amines) is 1. The molecule has 4 N–H and O–H groups in total. The lowest BCUT2D eigenvalue weighted by Crippen LogP contribution is -2.44. The number of amides is 2. The highest BCUT2D eigenvalue weighted by Crippen LogP contribution is 2.23. The summed E-state index contributed by atoms with van der Waals surface area (Å²) in [6.07, 6.45) is 1.50. The molecule has 0 bridgehead atoms. The van der Waals surface area contributed by atoms with Gasteiger partial charge in [-0.3, -0.25) is 9.59 Å². The molecular weight excluding hydrogens is 266 g/mol. The fraction of sp³-hybridized carbons (Fsp3) is 0.385. The van der Waals surface area contributed by atoms with Crippen molar-refractivity contribution in [3.8, 4) is 0 Å². The van der Waals surface area contributed by atoms with Crippen LogP contribution in [0.3, 0.4) is 0 Å². The topological polar surface area (TPSA) is 89.4 Å². The molecule has 0 aliphatic carbocycles. The number of nitrogens with two attached hydrogens (primary N) is 2. The Morgan fingerprint density at radius 3 is 2.74 bits per heavy atom. The molecule has 0 radical (unpaired) electrons. The van der Waals surface area contributed by atoms with E-state index in [1.165, 1.54) is 0 Å². The van der Waals surface area contributed by atoms with Crippen LogP contribution in [0, 0.1) is 5.92 Å². The van der Waals surface area contributed by atoms with Crippen molar-refractivity contribution in [2.24, 2.45) is 11.7 Å². The van der Waals surface area contributed by atoms with E-state index in [0.717, 1.165) is 12.8 Å². The van der Waals surface area contributed by atoms with Crippen molar-refractivity contribution in [1.82, 2.24) is 4.90 Å². The van der Waals surface area contributed by atoms with Crippen LogP contribution >= 0.6 is 11.6 Å². The number of hydrogen-bond acceptors (Lipinski definition) is 3. The van der Waals surface area contributed by atoms with Gasteiger partial charge in [0.1, 0.15) is 0 Å². The maximum absolute atomic E-state index is 12.3. The molecule has 2 amide bonds. The first-order valence-corrected chi connectivity index (χ1v) is 6.50. The summed E-state index contributed by atoms with van der Waals surface area (Å²) < 4.78 is 0. The van der Waals surface area contributed by atoms with Crippen molar-refractivity contribution in [3.63, 3.8) is 0 Å². The summed E-state index contributed by atoms with van der Waals surface area (Å²) in [5.74, 6) is -0.817. The predicted molar refractivity (Wildman–Crippen MR) is 73.7 cm³/mol. The Hall–Kier alpha value is -1.75. The lowest BCUT2D eigenvalue weighted by Gasteiger charge is -2.31. The fourth-order valence-corrected chi connectivity index (χ4v) is 2.54. The van der Waals surface area contributed by atoms with Crippen LogP contribution in [0.2, 0.25) is 5.02 Å². The Labute approximate surface area is 116 Å². The highest BCUT2D eigenvalue weighted by atomic mass is 35.5. The zero-order valence-corrected chi connectivity index (χ0v) is 11.2. The van der Waals surface area contributed by atoms with Crippen molar-refractivity contribution in [3.05, 3.63) is 28.8 Å². The van der Waals surface area contributed by atoms with Gasteiger partial charge in [-0.05, 0) is 31.0 Å². The van der Waals surface area contributed by atoms with Crippen molar-refractivity contribution in [2.45, 2.75) is 12.8 Å². The molecule has 6 heteroatoms. The Balaban J connectivity index is 2.17. The zero-order chi connectivity index (χ0) is 14.0. The minimum absolute atomic E-state index is 0.184. The second kappa shape index (κ2) is 5.48. The fourth-order valence-electron chi connectivity index (χ4n) is 2.27. The van der Waals surface area contributed by atoms with E-state index < -0.39 is 0 Å².